The summed E-state index contributed by atoms with van der Waals surface area (Å²) in [6.45, 7) is 2.26. The largest absolute Gasteiger partial charge is 0.351 e. The molecule has 2 heterocycles. The summed E-state index contributed by atoms with van der Waals surface area (Å²) in [5.74, 6) is 1.83. The minimum absolute atomic E-state index is 0.181. The molecule has 1 saturated carbocycles. The second kappa shape index (κ2) is 6.39. The molecule has 2 aromatic rings. The molecule has 0 unspecified atom stereocenters. The van der Waals surface area contributed by atoms with Crippen molar-refractivity contribution in [2.75, 3.05) is 5.32 Å². The van der Waals surface area contributed by atoms with Gasteiger partial charge in [-0.2, -0.15) is 20.1 Å². The molecular formula is C14H19ClN6. The van der Waals surface area contributed by atoms with Crippen LogP contribution in [0.1, 0.15) is 39.0 Å². The predicted octanol–water partition coefficient (Wildman–Crippen LogP) is 3.09. The molecule has 7 heteroatoms. The number of hydrogen-bond donors (Lipinski definition) is 1. The van der Waals surface area contributed by atoms with E-state index >= 15 is 0 Å². The molecule has 0 atom stereocenters. The molecule has 6 nitrogen and oxygen atoms in total. The second-order valence-corrected chi connectivity index (χ2v) is 5.79. The first kappa shape index (κ1) is 14.3. The Morgan fingerprint density at radius 2 is 2.05 bits per heavy atom. The van der Waals surface area contributed by atoms with Crippen LogP contribution in [0.2, 0.25) is 5.28 Å². The number of rotatable bonds is 4. The first-order valence-corrected chi connectivity index (χ1v) is 7.80. The monoisotopic (exact) mass is 306 g/mol. The summed E-state index contributed by atoms with van der Waals surface area (Å²) in [5, 5.41) is 7.68. The molecule has 1 aliphatic carbocycles. The van der Waals surface area contributed by atoms with Gasteiger partial charge in [0.15, 0.2) is 0 Å². The van der Waals surface area contributed by atoms with Crippen LogP contribution in [0.5, 0.6) is 0 Å². The maximum absolute atomic E-state index is 5.99. The van der Waals surface area contributed by atoms with Crippen LogP contribution in [0.25, 0.3) is 5.95 Å². The molecular weight excluding hydrogens is 288 g/mol. The van der Waals surface area contributed by atoms with Crippen LogP contribution in [0.15, 0.2) is 18.5 Å². The number of halogens is 1. The first-order valence-electron chi connectivity index (χ1n) is 7.42. The normalized spacial score (nSPS) is 22.2. The standard InChI is InChI=1S/C14H19ClN6/c1-2-10-4-6-11(7-5-10)17-13-18-12(15)19-14(20-13)21-9-3-8-16-21/h3,8-11H,2,4-7H2,1H3,(H,17,18,19,20). The summed E-state index contributed by atoms with van der Waals surface area (Å²) < 4.78 is 1.58. The molecule has 0 aromatic carbocycles. The highest BCUT2D eigenvalue weighted by Crippen LogP contribution is 2.28. The van der Waals surface area contributed by atoms with E-state index in [1.54, 1.807) is 17.1 Å². The molecule has 0 amide bonds. The lowest BCUT2D eigenvalue weighted by Gasteiger charge is -2.28. The van der Waals surface area contributed by atoms with Crippen LogP contribution in [0, 0.1) is 5.92 Å². The molecule has 21 heavy (non-hydrogen) atoms. The molecule has 0 bridgehead atoms. The number of nitrogens with one attached hydrogen (secondary N) is 1. The van der Waals surface area contributed by atoms with E-state index in [0.29, 0.717) is 17.9 Å². The average Bonchev–Trinajstić information content (AvgIpc) is 3.02. The van der Waals surface area contributed by atoms with Gasteiger partial charge in [0.2, 0.25) is 11.2 Å². The van der Waals surface area contributed by atoms with Crippen molar-refractivity contribution < 1.29 is 0 Å². The Kier molecular flexibility index (Phi) is 4.34. The van der Waals surface area contributed by atoms with E-state index in [0.717, 1.165) is 18.8 Å². The van der Waals surface area contributed by atoms with Crippen molar-refractivity contribution in [3.8, 4) is 5.95 Å². The minimum Gasteiger partial charge on any atom is -0.351 e. The summed E-state index contributed by atoms with van der Waals surface area (Å²) in [4.78, 5) is 12.7. The third kappa shape index (κ3) is 3.50. The van der Waals surface area contributed by atoms with E-state index in [1.165, 1.54) is 19.3 Å². The average molecular weight is 307 g/mol. The molecule has 0 radical (unpaired) electrons. The number of aromatic nitrogens is 5. The summed E-state index contributed by atoms with van der Waals surface area (Å²) in [6.07, 6.45) is 9.56. The quantitative estimate of drug-likeness (QED) is 0.940. The topological polar surface area (TPSA) is 68.5 Å². The van der Waals surface area contributed by atoms with E-state index in [-0.39, 0.29) is 5.28 Å². The molecule has 1 N–H and O–H groups in total. The summed E-state index contributed by atoms with van der Waals surface area (Å²) >= 11 is 5.99. The number of nitrogens with zero attached hydrogens (tertiary/aromatic N) is 5. The Labute approximate surface area is 129 Å². The molecule has 112 valence electrons. The van der Waals surface area contributed by atoms with Crippen molar-refractivity contribution in [1.82, 2.24) is 24.7 Å². The van der Waals surface area contributed by atoms with E-state index < -0.39 is 0 Å². The van der Waals surface area contributed by atoms with Gasteiger partial charge in [-0.3, -0.25) is 0 Å². The van der Waals surface area contributed by atoms with E-state index in [9.17, 15) is 0 Å². The van der Waals surface area contributed by atoms with E-state index in [4.69, 9.17) is 11.6 Å². The molecule has 1 fully saturated rings. The fraction of sp³-hybridized carbons (Fsp3) is 0.571. The molecule has 0 spiro atoms. The van der Waals surface area contributed by atoms with Crippen LogP contribution in [0.4, 0.5) is 5.95 Å². The van der Waals surface area contributed by atoms with Gasteiger partial charge in [0.1, 0.15) is 0 Å². The molecule has 0 aliphatic heterocycles. The number of anilines is 1. The van der Waals surface area contributed by atoms with Crippen molar-refractivity contribution in [2.24, 2.45) is 5.92 Å². The molecule has 1 aliphatic rings. The van der Waals surface area contributed by atoms with E-state index in [2.05, 4.69) is 32.3 Å². The van der Waals surface area contributed by atoms with Gasteiger partial charge in [-0.1, -0.05) is 13.3 Å². The van der Waals surface area contributed by atoms with E-state index in [1.807, 2.05) is 6.07 Å². The van der Waals surface area contributed by atoms with Crippen LogP contribution in [-0.4, -0.2) is 30.8 Å². The van der Waals surface area contributed by atoms with Crippen LogP contribution >= 0.6 is 11.6 Å². The van der Waals surface area contributed by atoms with Crippen molar-refractivity contribution >= 4 is 17.5 Å². The summed E-state index contributed by atoms with van der Waals surface area (Å²) in [6, 6.07) is 2.23. The van der Waals surface area contributed by atoms with Gasteiger partial charge >= 0.3 is 0 Å². The Bertz CT molecular complexity index is 577. The van der Waals surface area contributed by atoms with Crippen LogP contribution in [0.3, 0.4) is 0 Å². The van der Waals surface area contributed by atoms with Gasteiger partial charge in [-0.15, -0.1) is 0 Å². The lowest BCUT2D eigenvalue weighted by molar-refractivity contribution is 0.329. The Balaban J connectivity index is 1.71. The predicted molar refractivity (Wildman–Crippen MR) is 81.6 cm³/mol. The van der Waals surface area contributed by atoms with Crippen LogP contribution in [-0.2, 0) is 0 Å². The Hall–Kier alpha value is -1.69. The maximum Gasteiger partial charge on any atom is 0.256 e. The number of hydrogen-bond acceptors (Lipinski definition) is 5. The summed E-state index contributed by atoms with van der Waals surface area (Å²) in [5.41, 5.74) is 0. The fourth-order valence-electron chi connectivity index (χ4n) is 2.79. The smallest absolute Gasteiger partial charge is 0.256 e. The SMILES string of the molecule is CCC1CCC(Nc2nc(Cl)nc(-n3cccn3)n2)CC1. The zero-order valence-electron chi connectivity index (χ0n) is 12.0. The zero-order valence-corrected chi connectivity index (χ0v) is 12.8. The molecule has 0 saturated heterocycles. The summed E-state index contributed by atoms with van der Waals surface area (Å²) in [7, 11) is 0. The fourth-order valence-corrected chi connectivity index (χ4v) is 2.95. The third-order valence-electron chi connectivity index (χ3n) is 4.06. The van der Waals surface area contributed by atoms with Crippen molar-refractivity contribution in [3.63, 3.8) is 0 Å². The van der Waals surface area contributed by atoms with Gasteiger partial charge in [-0.05, 0) is 49.3 Å². The van der Waals surface area contributed by atoms with Gasteiger partial charge in [0.25, 0.3) is 5.95 Å². The van der Waals surface area contributed by atoms with Crippen molar-refractivity contribution in [3.05, 3.63) is 23.7 Å². The lowest BCUT2D eigenvalue weighted by Crippen LogP contribution is -2.27. The third-order valence-corrected chi connectivity index (χ3v) is 4.23. The molecule has 3 rings (SSSR count). The maximum atomic E-state index is 5.99. The van der Waals surface area contributed by atoms with Gasteiger partial charge < -0.3 is 5.32 Å². The Morgan fingerprint density at radius 1 is 1.24 bits per heavy atom. The van der Waals surface area contributed by atoms with Gasteiger partial charge in [0, 0.05) is 18.4 Å². The van der Waals surface area contributed by atoms with Crippen LogP contribution < -0.4 is 5.32 Å². The Morgan fingerprint density at radius 3 is 2.71 bits per heavy atom. The van der Waals surface area contributed by atoms with Crippen molar-refractivity contribution in [2.45, 2.75) is 45.1 Å². The highest BCUT2D eigenvalue weighted by atomic mass is 35.5. The van der Waals surface area contributed by atoms with Crippen molar-refractivity contribution in [1.29, 1.82) is 0 Å². The molecule has 2 aromatic heterocycles. The highest BCUT2D eigenvalue weighted by molar-refractivity contribution is 6.28. The highest BCUT2D eigenvalue weighted by Gasteiger charge is 2.21. The zero-order chi connectivity index (χ0) is 14.7. The second-order valence-electron chi connectivity index (χ2n) is 5.45. The van der Waals surface area contributed by atoms with Gasteiger partial charge in [0.05, 0.1) is 0 Å². The first-order chi connectivity index (χ1) is 10.2. The van der Waals surface area contributed by atoms with Gasteiger partial charge in [-0.25, -0.2) is 4.68 Å². The lowest BCUT2D eigenvalue weighted by atomic mass is 9.85. The minimum atomic E-state index is 0.181.